The van der Waals surface area contributed by atoms with Crippen molar-refractivity contribution >= 4 is 43.0 Å². The summed E-state index contributed by atoms with van der Waals surface area (Å²) in [5.41, 5.74) is 0.478. The van der Waals surface area contributed by atoms with Crippen molar-refractivity contribution in [3.63, 3.8) is 0 Å². The smallest absolute Gasteiger partial charge is 0.264 e. The van der Waals surface area contributed by atoms with Gasteiger partial charge in [-0.1, -0.05) is 0 Å². The Kier molecular flexibility index (Phi) is 7.04. The van der Waals surface area contributed by atoms with Gasteiger partial charge in [0.2, 0.25) is 0 Å². The molecule has 0 aliphatic carbocycles. The zero-order valence-corrected chi connectivity index (χ0v) is 19.3. The minimum absolute atomic E-state index is 0.0799. The fourth-order valence-electron chi connectivity index (χ4n) is 2.97. The number of hydrogen-bond donors (Lipinski definition) is 1. The van der Waals surface area contributed by atoms with Gasteiger partial charge in [0.05, 0.1) is 36.3 Å². The summed E-state index contributed by atoms with van der Waals surface area (Å²) in [5, 5.41) is 3.57. The van der Waals surface area contributed by atoms with E-state index in [0.717, 1.165) is 10.1 Å². The lowest BCUT2D eigenvalue weighted by molar-refractivity contribution is 0.0941. The summed E-state index contributed by atoms with van der Waals surface area (Å²) in [6.45, 7) is 0.848. The number of amides is 1. The minimum Gasteiger partial charge on any atom is -0.493 e. The maximum atomic E-state index is 13.2. The zero-order chi connectivity index (χ0) is 22.6. The number of thiophene rings is 1. The van der Waals surface area contributed by atoms with Crippen molar-refractivity contribution in [2.75, 3.05) is 45.8 Å². The highest BCUT2D eigenvalue weighted by Gasteiger charge is 2.23. The van der Waals surface area contributed by atoms with Gasteiger partial charge in [-0.15, -0.1) is 11.3 Å². The maximum absolute atomic E-state index is 13.2. The molecule has 1 amide bonds. The van der Waals surface area contributed by atoms with Gasteiger partial charge >= 0.3 is 0 Å². The van der Waals surface area contributed by atoms with Crippen LogP contribution in [0, 0.1) is 0 Å². The number of nitrogens with zero attached hydrogens (tertiary/aromatic N) is 1. The molecular weight excluding hydrogens is 440 g/mol. The number of nitrogens with one attached hydrogen (secondary N) is 1. The molecule has 31 heavy (non-hydrogen) atoms. The minimum atomic E-state index is -3.83. The van der Waals surface area contributed by atoms with Crippen LogP contribution in [0.2, 0.25) is 0 Å². The summed E-state index contributed by atoms with van der Waals surface area (Å²) in [6, 6.07) is 11.5. The number of rotatable bonds is 9. The van der Waals surface area contributed by atoms with Crippen LogP contribution in [0.3, 0.4) is 0 Å². The fourth-order valence-corrected chi connectivity index (χ4v) is 5.13. The molecule has 0 fully saturated rings. The van der Waals surface area contributed by atoms with Crippen LogP contribution in [0.5, 0.6) is 11.5 Å². The maximum Gasteiger partial charge on any atom is 0.264 e. The lowest BCUT2D eigenvalue weighted by Crippen LogP contribution is -2.26. The van der Waals surface area contributed by atoms with Gasteiger partial charge in [-0.25, -0.2) is 8.42 Å². The van der Waals surface area contributed by atoms with Crippen molar-refractivity contribution in [1.29, 1.82) is 0 Å². The van der Waals surface area contributed by atoms with Crippen LogP contribution in [0.25, 0.3) is 10.1 Å². The summed E-state index contributed by atoms with van der Waals surface area (Å²) < 4.78 is 43.7. The van der Waals surface area contributed by atoms with E-state index in [2.05, 4.69) is 5.32 Å². The summed E-state index contributed by atoms with van der Waals surface area (Å²) in [6.07, 6.45) is 0. The second-order valence-corrected chi connectivity index (χ2v) is 9.62. The lowest BCUT2D eigenvalue weighted by Gasteiger charge is -2.20. The molecule has 0 bridgehead atoms. The average molecular weight is 465 g/mol. The largest absolute Gasteiger partial charge is 0.493 e. The number of sulfonamides is 1. The Morgan fingerprint density at radius 1 is 1.03 bits per heavy atom. The molecule has 0 atom stereocenters. The molecule has 0 saturated carbocycles. The Bertz CT molecular complexity index is 1190. The highest BCUT2D eigenvalue weighted by Crippen LogP contribution is 2.34. The second-order valence-electron chi connectivity index (χ2n) is 6.57. The van der Waals surface area contributed by atoms with Crippen LogP contribution in [-0.2, 0) is 14.8 Å². The van der Waals surface area contributed by atoms with Gasteiger partial charge in [0.1, 0.15) is 0 Å². The van der Waals surface area contributed by atoms with E-state index in [9.17, 15) is 13.2 Å². The highest BCUT2D eigenvalue weighted by atomic mass is 32.2. The Morgan fingerprint density at radius 3 is 2.45 bits per heavy atom. The number of carbonyl (C=O) groups excluding carboxylic acids is 1. The number of fused-ring (bicyclic) bond motifs is 1. The standard InChI is InChI=1S/C21H24N2O6S2/c1-23(31(25,26)16-6-7-17(28-3)18(13-16)29-4)15-5-8-19-14(11-15)12-20(30-19)21(24)22-9-10-27-2/h5-8,11-13H,9-10H2,1-4H3,(H,22,24). The Hall–Kier alpha value is -2.82. The Morgan fingerprint density at radius 2 is 1.77 bits per heavy atom. The van der Waals surface area contributed by atoms with Gasteiger partial charge in [-0.05, 0) is 41.8 Å². The molecule has 1 heterocycles. The van der Waals surface area contributed by atoms with Crippen LogP contribution in [0.4, 0.5) is 5.69 Å². The first kappa shape index (κ1) is 22.9. The van der Waals surface area contributed by atoms with Gasteiger partial charge < -0.3 is 19.5 Å². The van der Waals surface area contributed by atoms with Crippen LogP contribution in [0.15, 0.2) is 47.4 Å². The molecule has 8 nitrogen and oxygen atoms in total. The number of anilines is 1. The SMILES string of the molecule is COCCNC(=O)c1cc2cc(N(C)S(=O)(=O)c3ccc(OC)c(OC)c3)ccc2s1. The molecule has 3 rings (SSSR count). The van der Waals surface area contributed by atoms with Crippen molar-refractivity contribution in [2.45, 2.75) is 4.90 Å². The van der Waals surface area contributed by atoms with Gasteiger partial charge in [0.15, 0.2) is 11.5 Å². The predicted molar refractivity (Wildman–Crippen MR) is 121 cm³/mol. The van der Waals surface area contributed by atoms with Crippen molar-refractivity contribution in [3.05, 3.63) is 47.3 Å². The molecule has 0 spiro atoms. The zero-order valence-electron chi connectivity index (χ0n) is 17.7. The fraction of sp³-hybridized carbons (Fsp3) is 0.286. The Balaban J connectivity index is 1.89. The third-order valence-electron chi connectivity index (χ3n) is 4.69. The van der Waals surface area contributed by atoms with E-state index in [-0.39, 0.29) is 10.8 Å². The number of benzene rings is 2. The average Bonchev–Trinajstić information content (AvgIpc) is 3.21. The number of carbonyl (C=O) groups is 1. The first-order chi connectivity index (χ1) is 14.8. The van der Waals surface area contributed by atoms with Gasteiger partial charge in [-0.3, -0.25) is 9.10 Å². The molecule has 166 valence electrons. The van der Waals surface area contributed by atoms with E-state index in [1.165, 1.54) is 49.0 Å². The number of methoxy groups -OCH3 is 3. The van der Waals surface area contributed by atoms with Crippen LogP contribution >= 0.6 is 11.3 Å². The van der Waals surface area contributed by atoms with Crippen molar-refractivity contribution in [1.82, 2.24) is 5.32 Å². The summed E-state index contributed by atoms with van der Waals surface area (Å²) in [7, 11) is 2.15. The predicted octanol–water partition coefficient (Wildman–Crippen LogP) is 3.12. The molecule has 0 radical (unpaired) electrons. The quantitative estimate of drug-likeness (QED) is 0.489. The van der Waals surface area contributed by atoms with E-state index in [4.69, 9.17) is 14.2 Å². The van der Waals surface area contributed by atoms with Gasteiger partial charge in [-0.2, -0.15) is 0 Å². The summed E-state index contributed by atoms with van der Waals surface area (Å²) in [5.74, 6) is 0.584. The molecule has 1 aromatic heterocycles. The first-order valence-electron chi connectivity index (χ1n) is 9.33. The molecule has 0 unspecified atom stereocenters. The molecule has 10 heteroatoms. The molecule has 3 aromatic rings. The Labute approximate surface area is 185 Å². The van der Waals surface area contributed by atoms with Crippen molar-refractivity contribution < 1.29 is 27.4 Å². The van der Waals surface area contributed by atoms with Crippen LogP contribution in [-0.4, -0.2) is 55.9 Å². The highest BCUT2D eigenvalue weighted by molar-refractivity contribution is 7.92. The third-order valence-corrected chi connectivity index (χ3v) is 7.59. The van der Waals surface area contributed by atoms with Crippen LogP contribution < -0.4 is 19.1 Å². The lowest BCUT2D eigenvalue weighted by atomic mass is 10.2. The normalized spacial score (nSPS) is 11.4. The third kappa shape index (κ3) is 4.76. The summed E-state index contributed by atoms with van der Waals surface area (Å²) in [4.78, 5) is 12.9. The first-order valence-corrected chi connectivity index (χ1v) is 11.6. The molecule has 2 aromatic carbocycles. The summed E-state index contributed by atoms with van der Waals surface area (Å²) >= 11 is 1.35. The van der Waals surface area contributed by atoms with E-state index >= 15 is 0 Å². The molecule has 1 N–H and O–H groups in total. The molecule has 0 aliphatic rings. The van der Waals surface area contributed by atoms with E-state index in [0.29, 0.717) is 35.2 Å². The van der Waals surface area contributed by atoms with Gasteiger partial charge in [0.25, 0.3) is 15.9 Å². The van der Waals surface area contributed by atoms with Crippen molar-refractivity contribution in [3.8, 4) is 11.5 Å². The van der Waals surface area contributed by atoms with Gasteiger partial charge in [0, 0.05) is 31.5 Å². The van der Waals surface area contributed by atoms with Crippen LogP contribution in [0.1, 0.15) is 9.67 Å². The molecular formula is C21H24N2O6S2. The second kappa shape index (κ2) is 9.54. The van der Waals surface area contributed by atoms with Crippen molar-refractivity contribution in [2.24, 2.45) is 0 Å². The van der Waals surface area contributed by atoms with E-state index in [1.807, 2.05) is 6.07 Å². The number of hydrogen-bond acceptors (Lipinski definition) is 7. The van der Waals surface area contributed by atoms with E-state index in [1.54, 1.807) is 31.4 Å². The topological polar surface area (TPSA) is 94.2 Å². The van der Waals surface area contributed by atoms with E-state index < -0.39 is 10.0 Å². The molecule has 0 saturated heterocycles. The molecule has 0 aliphatic heterocycles. The number of ether oxygens (including phenoxy) is 3. The monoisotopic (exact) mass is 464 g/mol.